The highest BCUT2D eigenvalue weighted by Gasteiger charge is 2.56. The van der Waals surface area contributed by atoms with Crippen molar-refractivity contribution >= 4 is 35.3 Å². The van der Waals surface area contributed by atoms with Crippen LogP contribution in [0.5, 0.6) is 0 Å². The van der Waals surface area contributed by atoms with Crippen molar-refractivity contribution in [3.05, 3.63) is 24.2 Å². The average molecular weight is 634 g/mol. The summed E-state index contributed by atoms with van der Waals surface area (Å²) < 4.78 is 28.5. The molecule has 45 heavy (non-hydrogen) atoms. The second-order valence-corrected chi connectivity index (χ2v) is 12.8. The number of aliphatic hydroxyl groups excluding tert-OH is 1. The minimum Gasteiger partial charge on any atom is -0.462 e. The first-order valence-corrected chi connectivity index (χ1v) is 15.1. The Hall–Kier alpha value is -3.82. The molecule has 15 nitrogen and oxygen atoms in total. The van der Waals surface area contributed by atoms with Crippen LogP contribution < -0.4 is 11.1 Å². The van der Waals surface area contributed by atoms with Crippen molar-refractivity contribution < 1.29 is 48.0 Å². The lowest BCUT2D eigenvalue weighted by atomic mass is 9.87. The van der Waals surface area contributed by atoms with E-state index in [4.69, 9.17) is 24.7 Å². The molecule has 1 saturated heterocycles. The lowest BCUT2D eigenvalue weighted by Crippen LogP contribution is -2.45. The van der Waals surface area contributed by atoms with E-state index < -0.39 is 66.2 Å². The minimum absolute atomic E-state index is 0.0669. The highest BCUT2D eigenvalue weighted by molar-refractivity contribution is 5.88. The molecule has 2 aliphatic rings. The van der Waals surface area contributed by atoms with E-state index in [0.29, 0.717) is 11.2 Å². The Labute approximate surface area is 261 Å². The number of aromatic nitrogens is 3. The number of hydrogen-bond donors (Lipinski definition) is 3. The van der Waals surface area contributed by atoms with Gasteiger partial charge in [-0.15, -0.1) is 0 Å². The molecule has 0 aromatic carbocycles. The van der Waals surface area contributed by atoms with Crippen molar-refractivity contribution in [2.75, 3.05) is 18.7 Å². The number of nitrogens with zero attached hydrogens (tertiary/aromatic N) is 3. The van der Waals surface area contributed by atoms with Gasteiger partial charge in [-0.25, -0.2) is 14.3 Å². The van der Waals surface area contributed by atoms with Crippen molar-refractivity contribution in [3.8, 4) is 0 Å². The fourth-order valence-corrected chi connectivity index (χ4v) is 5.59. The number of nitrogens with one attached hydrogen (secondary N) is 1. The van der Waals surface area contributed by atoms with Gasteiger partial charge in [-0.2, -0.15) is 5.10 Å². The maximum absolute atomic E-state index is 13.1. The summed E-state index contributed by atoms with van der Waals surface area (Å²) in [6, 6.07) is 2.30. The third-order valence-corrected chi connectivity index (χ3v) is 8.30. The monoisotopic (exact) mass is 633 g/mol. The lowest BCUT2D eigenvalue weighted by Gasteiger charge is -2.28. The van der Waals surface area contributed by atoms with Crippen molar-refractivity contribution in [1.29, 1.82) is 0 Å². The zero-order valence-electron chi connectivity index (χ0n) is 26.3. The molecule has 4 N–H and O–H groups in total. The number of carbonyl (C=O) groups is 4. The Morgan fingerprint density at radius 2 is 1.87 bits per heavy atom. The number of rotatable bonds is 10. The van der Waals surface area contributed by atoms with Gasteiger partial charge in [0, 0.05) is 13.3 Å². The van der Waals surface area contributed by atoms with E-state index in [1.54, 1.807) is 19.1 Å². The van der Waals surface area contributed by atoms with Gasteiger partial charge < -0.3 is 34.5 Å². The molecule has 15 heteroatoms. The van der Waals surface area contributed by atoms with Crippen LogP contribution in [0.15, 0.2) is 18.5 Å². The lowest BCUT2D eigenvalue weighted by molar-refractivity contribution is -0.163. The average Bonchev–Trinajstić information content (AvgIpc) is 3.52. The number of aliphatic hydroxyl groups is 1. The summed E-state index contributed by atoms with van der Waals surface area (Å²) in [5, 5.41) is 18.4. The van der Waals surface area contributed by atoms with Gasteiger partial charge in [0.15, 0.2) is 11.9 Å². The molecule has 0 spiro atoms. The van der Waals surface area contributed by atoms with Gasteiger partial charge in [0.05, 0.1) is 5.69 Å². The quantitative estimate of drug-likeness (QED) is 0.196. The van der Waals surface area contributed by atoms with Gasteiger partial charge in [0.2, 0.25) is 6.79 Å². The van der Waals surface area contributed by atoms with Crippen LogP contribution in [0.1, 0.15) is 78.8 Å². The van der Waals surface area contributed by atoms with Crippen molar-refractivity contribution in [1.82, 2.24) is 14.6 Å². The van der Waals surface area contributed by atoms with E-state index >= 15 is 0 Å². The van der Waals surface area contributed by atoms with Crippen LogP contribution in [0, 0.1) is 11.3 Å². The van der Waals surface area contributed by atoms with Crippen LogP contribution in [-0.4, -0.2) is 81.5 Å². The van der Waals surface area contributed by atoms with Crippen molar-refractivity contribution in [2.45, 2.75) is 103 Å². The molecular formula is C30H43N5O10. The first-order chi connectivity index (χ1) is 21.2. The second-order valence-electron chi connectivity index (χ2n) is 12.8. The van der Waals surface area contributed by atoms with Crippen LogP contribution in [0.25, 0.3) is 5.52 Å². The van der Waals surface area contributed by atoms with E-state index in [0.717, 1.165) is 32.1 Å². The van der Waals surface area contributed by atoms with E-state index in [2.05, 4.69) is 20.1 Å². The maximum Gasteiger partial charge on any atom is 0.415 e. The Balaban J connectivity index is 1.57. The highest BCUT2D eigenvalue weighted by Crippen LogP contribution is 2.42. The molecule has 3 heterocycles. The van der Waals surface area contributed by atoms with Crippen molar-refractivity contribution in [2.24, 2.45) is 17.1 Å². The molecule has 4 rings (SSSR count). The molecule has 0 unspecified atom stereocenters. The standard InChI is InChI=1S/C30H43N5O10/c1-17(36)42-16-43-28(40)34-26-19-11-12-21(35(19)33-15-32-26)30(5)25(38)23(44-22(37)13-18-9-7-6-8-10-18)20(45-30)14-41-27(39)24(31)29(2,3)4/h11-12,15,18,20,23-25,38H,6-10,13-14,16,31H2,1-5H3,(H,32,33,34,40)/t20-,23-,24-,25-,30+/m1/s1. The van der Waals surface area contributed by atoms with Crippen LogP contribution in [0.3, 0.4) is 0 Å². The SMILES string of the molecule is CC(=O)OCOC(=O)Nc1ncnn2c([C@]3(C)O[C@H](COC(=O)[C@@H](N)C(C)(C)C)[C@@H](OC(=O)CC4CCCCC4)[C@H]3O)ccc12. The zero-order chi connectivity index (χ0) is 32.9. The van der Waals surface area contributed by atoms with Gasteiger partial charge in [0.25, 0.3) is 0 Å². The molecule has 248 valence electrons. The highest BCUT2D eigenvalue weighted by atomic mass is 16.7. The van der Waals surface area contributed by atoms with E-state index in [1.807, 2.05) is 20.8 Å². The van der Waals surface area contributed by atoms with Gasteiger partial charge in [0.1, 0.15) is 42.3 Å². The van der Waals surface area contributed by atoms with E-state index in [-0.39, 0.29) is 24.8 Å². The summed E-state index contributed by atoms with van der Waals surface area (Å²) >= 11 is 0. The number of hydrogen-bond acceptors (Lipinski definition) is 13. The summed E-state index contributed by atoms with van der Waals surface area (Å²) in [6.07, 6.45) is 1.99. The normalized spacial score (nSPS) is 24.6. The Bertz CT molecular complexity index is 1380. The topological polar surface area (TPSA) is 203 Å². The Kier molecular flexibility index (Phi) is 10.7. The molecule has 1 aliphatic carbocycles. The molecule has 0 bridgehead atoms. The van der Waals surface area contributed by atoms with Crippen LogP contribution in [-0.2, 0) is 43.7 Å². The first-order valence-electron chi connectivity index (χ1n) is 15.1. The van der Waals surface area contributed by atoms with Gasteiger partial charge >= 0.3 is 24.0 Å². The maximum atomic E-state index is 13.1. The molecule has 1 aliphatic heterocycles. The van der Waals surface area contributed by atoms with Crippen LogP contribution in [0.2, 0.25) is 0 Å². The molecular weight excluding hydrogens is 590 g/mol. The number of nitrogens with two attached hydrogens (primary N) is 1. The van der Waals surface area contributed by atoms with Gasteiger partial charge in [-0.3, -0.25) is 19.7 Å². The molecule has 1 amide bonds. The number of fused-ring (bicyclic) bond motifs is 1. The number of carbonyl (C=O) groups excluding carboxylic acids is 4. The molecule has 1 saturated carbocycles. The second kappa shape index (κ2) is 14.1. The number of esters is 3. The molecule has 2 aromatic heterocycles. The summed E-state index contributed by atoms with van der Waals surface area (Å²) in [7, 11) is 0. The minimum atomic E-state index is -1.51. The zero-order valence-corrected chi connectivity index (χ0v) is 26.3. The number of anilines is 1. The predicted octanol–water partition coefficient (Wildman–Crippen LogP) is 2.57. The molecule has 2 fully saturated rings. The van der Waals surface area contributed by atoms with Gasteiger partial charge in [-0.05, 0) is 43.2 Å². The number of ether oxygens (including phenoxy) is 5. The van der Waals surface area contributed by atoms with E-state index in [9.17, 15) is 24.3 Å². The largest absolute Gasteiger partial charge is 0.462 e. The van der Waals surface area contributed by atoms with Crippen molar-refractivity contribution in [3.63, 3.8) is 0 Å². The van der Waals surface area contributed by atoms with E-state index in [1.165, 1.54) is 17.8 Å². The van der Waals surface area contributed by atoms with Crippen LogP contribution >= 0.6 is 0 Å². The summed E-state index contributed by atoms with van der Waals surface area (Å²) in [5.41, 5.74) is 4.68. The fourth-order valence-electron chi connectivity index (χ4n) is 5.59. The third kappa shape index (κ3) is 8.07. The molecule has 2 aromatic rings. The smallest absolute Gasteiger partial charge is 0.415 e. The fraction of sp³-hybridized carbons (Fsp3) is 0.667. The molecule has 0 radical (unpaired) electrons. The van der Waals surface area contributed by atoms with Gasteiger partial charge in [-0.1, -0.05) is 40.0 Å². The predicted molar refractivity (Wildman–Crippen MR) is 157 cm³/mol. The number of amides is 1. The first kappa shape index (κ1) is 34.1. The Morgan fingerprint density at radius 1 is 1.16 bits per heavy atom. The van der Waals surface area contributed by atoms with Crippen LogP contribution in [0.4, 0.5) is 10.6 Å². The summed E-state index contributed by atoms with van der Waals surface area (Å²) in [6.45, 7) is 7.30. The molecule has 5 atom stereocenters. The Morgan fingerprint density at radius 3 is 2.53 bits per heavy atom. The summed E-state index contributed by atoms with van der Waals surface area (Å²) in [4.78, 5) is 53.1. The summed E-state index contributed by atoms with van der Waals surface area (Å²) in [5.74, 6) is -1.47. The third-order valence-electron chi connectivity index (χ3n) is 8.30.